The summed E-state index contributed by atoms with van der Waals surface area (Å²) in [5, 5.41) is 9.49. The van der Waals surface area contributed by atoms with E-state index in [2.05, 4.69) is 15.8 Å². The fourth-order valence-corrected chi connectivity index (χ4v) is 3.90. The van der Waals surface area contributed by atoms with E-state index in [1.54, 1.807) is 62.4 Å². The minimum Gasteiger partial charge on any atom is -0.488 e. The Morgan fingerprint density at radius 3 is 2.28 bits per heavy atom. The molecule has 1 heterocycles. The number of esters is 1. The van der Waals surface area contributed by atoms with Gasteiger partial charge in [0.1, 0.15) is 23.7 Å². The number of aromatic nitrogens is 1. The number of hydrogen-bond acceptors (Lipinski definition) is 7. The van der Waals surface area contributed by atoms with Crippen molar-refractivity contribution in [1.29, 1.82) is 0 Å². The number of rotatable bonds is 10. The summed E-state index contributed by atoms with van der Waals surface area (Å²) in [6.07, 6.45) is 0. The monoisotopic (exact) mass is 527 g/mol. The second-order valence-electron chi connectivity index (χ2n) is 8.86. The Bertz CT molecular complexity index is 1450. The first-order chi connectivity index (χ1) is 18.8. The van der Waals surface area contributed by atoms with Gasteiger partial charge in [-0.1, -0.05) is 59.8 Å². The Labute approximate surface area is 226 Å². The highest BCUT2D eigenvalue weighted by molar-refractivity contribution is 6.04. The van der Waals surface area contributed by atoms with E-state index in [0.29, 0.717) is 22.9 Å². The molecule has 0 bridgehead atoms. The number of carbonyl (C=O) groups is 3. The summed E-state index contributed by atoms with van der Waals surface area (Å²) >= 11 is 0. The lowest BCUT2D eigenvalue weighted by Crippen LogP contribution is -2.28. The van der Waals surface area contributed by atoms with E-state index in [1.807, 2.05) is 37.3 Å². The van der Waals surface area contributed by atoms with Crippen LogP contribution in [0.3, 0.4) is 0 Å². The molecule has 1 aromatic heterocycles. The van der Waals surface area contributed by atoms with Gasteiger partial charge in [0.2, 0.25) is 0 Å². The van der Waals surface area contributed by atoms with Crippen molar-refractivity contribution in [2.24, 2.45) is 0 Å². The number of aryl methyl sites for hydroxylation is 2. The molecule has 1 unspecified atom stereocenters. The van der Waals surface area contributed by atoms with Crippen LogP contribution in [-0.2, 0) is 16.1 Å². The second kappa shape index (κ2) is 12.6. The molecular weight excluding hydrogens is 498 g/mol. The van der Waals surface area contributed by atoms with Gasteiger partial charge in [-0.2, -0.15) is 0 Å². The number of nitrogens with zero attached hydrogens (tertiary/aromatic N) is 1. The number of ether oxygens (including phenoxy) is 2. The summed E-state index contributed by atoms with van der Waals surface area (Å²) in [4.78, 5) is 38.3. The maximum Gasteiger partial charge on any atom is 0.342 e. The van der Waals surface area contributed by atoms with Crippen LogP contribution in [-0.4, -0.2) is 29.5 Å². The lowest BCUT2D eigenvalue weighted by atomic mass is 10.1. The molecule has 0 fully saturated rings. The van der Waals surface area contributed by atoms with Gasteiger partial charge >= 0.3 is 5.97 Å². The number of para-hydroxylation sites is 2. The fourth-order valence-electron chi connectivity index (χ4n) is 3.90. The predicted molar refractivity (Wildman–Crippen MR) is 144 cm³/mol. The van der Waals surface area contributed by atoms with Crippen LogP contribution in [0.1, 0.15) is 56.3 Å². The zero-order valence-electron chi connectivity index (χ0n) is 21.9. The van der Waals surface area contributed by atoms with Gasteiger partial charge in [-0.15, -0.1) is 0 Å². The highest BCUT2D eigenvalue weighted by Crippen LogP contribution is 2.23. The van der Waals surface area contributed by atoms with Gasteiger partial charge < -0.3 is 24.6 Å². The third-order valence-corrected chi connectivity index (χ3v) is 6.09. The largest absolute Gasteiger partial charge is 0.488 e. The minimum atomic E-state index is -0.720. The molecule has 0 saturated carbocycles. The van der Waals surface area contributed by atoms with E-state index in [4.69, 9.17) is 14.0 Å². The quantitative estimate of drug-likeness (QED) is 0.274. The topological polar surface area (TPSA) is 120 Å². The number of benzene rings is 3. The molecule has 4 rings (SSSR count). The van der Waals surface area contributed by atoms with E-state index in [-0.39, 0.29) is 29.7 Å². The Morgan fingerprint density at radius 1 is 0.897 bits per heavy atom. The Hall–Kier alpha value is -4.92. The van der Waals surface area contributed by atoms with Gasteiger partial charge in [0.05, 0.1) is 28.6 Å². The van der Waals surface area contributed by atoms with E-state index in [9.17, 15) is 14.4 Å². The average molecular weight is 528 g/mol. The summed E-state index contributed by atoms with van der Waals surface area (Å²) < 4.78 is 16.2. The number of amides is 2. The van der Waals surface area contributed by atoms with E-state index >= 15 is 0 Å². The fraction of sp³-hybridized carbons (Fsp3) is 0.200. The van der Waals surface area contributed by atoms with Crippen LogP contribution in [0.2, 0.25) is 0 Å². The number of anilines is 1. The van der Waals surface area contributed by atoms with Crippen molar-refractivity contribution in [2.45, 2.75) is 33.4 Å². The third-order valence-electron chi connectivity index (χ3n) is 6.09. The van der Waals surface area contributed by atoms with Crippen LogP contribution >= 0.6 is 0 Å². The van der Waals surface area contributed by atoms with Crippen LogP contribution in [0.25, 0.3) is 0 Å². The van der Waals surface area contributed by atoms with Gasteiger partial charge in [0.15, 0.2) is 6.61 Å². The van der Waals surface area contributed by atoms with Crippen molar-refractivity contribution >= 4 is 23.5 Å². The van der Waals surface area contributed by atoms with Crippen molar-refractivity contribution in [2.75, 3.05) is 11.9 Å². The molecular formula is C30H29N3O6. The van der Waals surface area contributed by atoms with Gasteiger partial charge in [-0.05, 0) is 50.6 Å². The van der Waals surface area contributed by atoms with E-state index in [0.717, 1.165) is 11.1 Å². The third kappa shape index (κ3) is 6.89. The molecule has 39 heavy (non-hydrogen) atoms. The molecule has 4 aromatic rings. The van der Waals surface area contributed by atoms with Gasteiger partial charge in [-0.3, -0.25) is 9.59 Å². The summed E-state index contributed by atoms with van der Waals surface area (Å²) in [7, 11) is 0. The smallest absolute Gasteiger partial charge is 0.342 e. The molecule has 2 N–H and O–H groups in total. The molecule has 9 heteroatoms. The lowest BCUT2D eigenvalue weighted by molar-refractivity contribution is -0.119. The molecule has 0 radical (unpaired) electrons. The van der Waals surface area contributed by atoms with Gasteiger partial charge in [0, 0.05) is 0 Å². The van der Waals surface area contributed by atoms with Crippen LogP contribution in [0.15, 0.2) is 83.4 Å². The minimum absolute atomic E-state index is 0.160. The molecule has 0 aliphatic rings. The van der Waals surface area contributed by atoms with Gasteiger partial charge in [0.25, 0.3) is 11.8 Å². The van der Waals surface area contributed by atoms with Crippen molar-refractivity contribution in [1.82, 2.24) is 10.5 Å². The van der Waals surface area contributed by atoms with Crippen LogP contribution < -0.4 is 15.4 Å². The summed E-state index contributed by atoms with van der Waals surface area (Å²) in [5.74, 6) is -0.718. The summed E-state index contributed by atoms with van der Waals surface area (Å²) in [6.45, 7) is 5.08. The SMILES string of the molecule is Cc1noc(C)c1COc1ccccc1C(=O)OCC(=O)Nc1ccccc1C(=O)NC(C)c1ccccc1. The van der Waals surface area contributed by atoms with E-state index in [1.165, 1.54) is 0 Å². The first-order valence-corrected chi connectivity index (χ1v) is 12.4. The highest BCUT2D eigenvalue weighted by Gasteiger charge is 2.19. The predicted octanol–water partition coefficient (Wildman–Crippen LogP) is 5.16. The Balaban J connectivity index is 1.36. The first-order valence-electron chi connectivity index (χ1n) is 12.4. The van der Waals surface area contributed by atoms with Crippen LogP contribution in [0, 0.1) is 13.8 Å². The molecule has 0 spiro atoms. The van der Waals surface area contributed by atoms with Crippen LogP contribution in [0.4, 0.5) is 5.69 Å². The standard InChI is InChI=1S/C30H29N3O6/c1-19(22-11-5-4-6-12-22)31-29(35)23-13-7-9-15-26(23)32-28(34)18-38-30(36)24-14-8-10-16-27(24)37-17-25-20(2)33-39-21(25)3/h4-16,19H,17-18H2,1-3H3,(H,31,35)(H,32,34). The Morgan fingerprint density at radius 2 is 1.56 bits per heavy atom. The molecule has 3 aromatic carbocycles. The summed E-state index contributed by atoms with van der Waals surface area (Å²) in [5.41, 5.74) is 3.21. The van der Waals surface area contributed by atoms with Crippen molar-refractivity contribution in [3.8, 4) is 5.75 Å². The zero-order valence-corrected chi connectivity index (χ0v) is 21.9. The lowest BCUT2D eigenvalue weighted by Gasteiger charge is -2.16. The van der Waals surface area contributed by atoms with Crippen molar-refractivity contribution in [3.63, 3.8) is 0 Å². The zero-order chi connectivity index (χ0) is 27.8. The van der Waals surface area contributed by atoms with Crippen LogP contribution in [0.5, 0.6) is 5.75 Å². The van der Waals surface area contributed by atoms with Crippen molar-refractivity contribution in [3.05, 3.63) is 113 Å². The molecule has 0 aliphatic carbocycles. The maximum absolute atomic E-state index is 12.9. The first kappa shape index (κ1) is 27.1. The van der Waals surface area contributed by atoms with Gasteiger partial charge in [-0.25, -0.2) is 4.79 Å². The molecule has 0 saturated heterocycles. The molecule has 2 amide bonds. The normalized spacial score (nSPS) is 11.4. The van der Waals surface area contributed by atoms with Crippen molar-refractivity contribution < 1.29 is 28.4 Å². The molecule has 9 nitrogen and oxygen atoms in total. The highest BCUT2D eigenvalue weighted by atomic mass is 16.5. The number of hydrogen-bond donors (Lipinski definition) is 2. The second-order valence-corrected chi connectivity index (χ2v) is 8.86. The number of carbonyl (C=O) groups excluding carboxylic acids is 3. The maximum atomic E-state index is 12.9. The van der Waals surface area contributed by atoms with E-state index < -0.39 is 18.5 Å². The Kier molecular flexibility index (Phi) is 8.73. The summed E-state index contributed by atoms with van der Waals surface area (Å²) in [6, 6.07) is 22.5. The average Bonchev–Trinajstić information content (AvgIpc) is 3.27. The molecule has 1 atom stereocenters. The number of nitrogens with one attached hydrogen (secondary N) is 2. The molecule has 0 aliphatic heterocycles. The molecule has 200 valence electrons.